The van der Waals surface area contributed by atoms with Crippen LogP contribution in [0.5, 0.6) is 5.75 Å². The summed E-state index contributed by atoms with van der Waals surface area (Å²) in [6.07, 6.45) is 8.05. The first-order valence-corrected chi connectivity index (χ1v) is 13.6. The first-order chi connectivity index (χ1) is 16.9. The minimum Gasteiger partial charge on any atom is -0.493 e. The fraction of sp³-hybridized carbons (Fsp3) is 0.750. The number of nitrogens with zero attached hydrogens (tertiary/aromatic N) is 1. The average Bonchev–Trinajstić information content (AvgIpc) is 3.18. The number of methoxy groups -OCH3 is 1. The zero-order valence-electron chi connectivity index (χ0n) is 21.2. The molecular formula is C28H44N2O5. The van der Waals surface area contributed by atoms with Crippen molar-refractivity contribution < 1.29 is 24.5 Å². The number of carbonyl (C=O) groups excluding carboxylic acids is 1. The van der Waals surface area contributed by atoms with Crippen molar-refractivity contribution in [1.29, 1.82) is 0 Å². The molecule has 4 N–H and O–H groups in total. The molecule has 0 bridgehead atoms. The van der Waals surface area contributed by atoms with Gasteiger partial charge in [0.25, 0.3) is 0 Å². The van der Waals surface area contributed by atoms with Gasteiger partial charge in [-0.1, -0.05) is 24.6 Å². The van der Waals surface area contributed by atoms with Crippen LogP contribution in [0.3, 0.4) is 0 Å². The average molecular weight is 489 g/mol. The van der Waals surface area contributed by atoms with Gasteiger partial charge in [0.15, 0.2) is 0 Å². The first-order valence-electron chi connectivity index (χ1n) is 13.6. The van der Waals surface area contributed by atoms with Crippen LogP contribution in [-0.2, 0) is 15.1 Å². The van der Waals surface area contributed by atoms with E-state index < -0.39 is 11.7 Å². The number of unbranched alkanes of at least 4 members (excludes halogenated alkanes) is 1. The van der Waals surface area contributed by atoms with Crippen molar-refractivity contribution in [3.05, 3.63) is 29.8 Å². The molecule has 4 rings (SSSR count). The van der Waals surface area contributed by atoms with Gasteiger partial charge in [0.2, 0.25) is 5.91 Å². The molecule has 7 heteroatoms. The first kappa shape index (κ1) is 26.4. The zero-order valence-corrected chi connectivity index (χ0v) is 21.2. The van der Waals surface area contributed by atoms with Gasteiger partial charge in [-0.3, -0.25) is 4.79 Å². The molecule has 3 fully saturated rings. The molecule has 196 valence electrons. The van der Waals surface area contributed by atoms with E-state index in [1.165, 1.54) is 19.3 Å². The minimum absolute atomic E-state index is 0.0675. The summed E-state index contributed by atoms with van der Waals surface area (Å²) in [6.45, 7) is 2.56. The number of aliphatic hydroxyl groups is 2. The van der Waals surface area contributed by atoms with Gasteiger partial charge >= 0.3 is 0 Å². The van der Waals surface area contributed by atoms with Gasteiger partial charge in [-0.05, 0) is 69.8 Å². The predicted octanol–water partition coefficient (Wildman–Crippen LogP) is 3.21. The number of rotatable bonds is 11. The van der Waals surface area contributed by atoms with Crippen LogP contribution in [0.1, 0.15) is 69.8 Å². The Hall–Kier alpha value is -1.67. The highest BCUT2D eigenvalue weighted by Crippen LogP contribution is 2.44. The molecule has 35 heavy (non-hydrogen) atoms. The molecule has 1 saturated heterocycles. The number of nitrogens with two attached hydrogens (primary N) is 1. The van der Waals surface area contributed by atoms with Crippen molar-refractivity contribution >= 4 is 5.91 Å². The number of hydrogen-bond acceptors (Lipinski definition) is 6. The lowest BCUT2D eigenvalue weighted by molar-refractivity contribution is -0.141. The molecule has 1 heterocycles. The molecule has 1 aliphatic heterocycles. The molecule has 0 spiro atoms. The number of para-hydroxylation sites is 1. The number of carbonyl (C=O) groups is 1. The molecular weight excluding hydrogens is 444 g/mol. The minimum atomic E-state index is -1.09. The molecule has 7 nitrogen and oxygen atoms in total. The van der Waals surface area contributed by atoms with Crippen molar-refractivity contribution in [3.8, 4) is 5.75 Å². The van der Waals surface area contributed by atoms with Crippen molar-refractivity contribution in [1.82, 2.24) is 4.90 Å². The largest absolute Gasteiger partial charge is 0.493 e. The molecule has 0 radical (unpaired) electrons. The van der Waals surface area contributed by atoms with E-state index in [1.807, 2.05) is 29.2 Å². The smallest absolute Gasteiger partial charge is 0.225 e. The summed E-state index contributed by atoms with van der Waals surface area (Å²) >= 11 is 0. The van der Waals surface area contributed by atoms with Gasteiger partial charge < -0.3 is 30.3 Å². The molecule has 1 amide bonds. The third-order valence-electron chi connectivity index (χ3n) is 8.54. The Labute approximate surface area is 210 Å². The van der Waals surface area contributed by atoms with Crippen LogP contribution in [0.25, 0.3) is 0 Å². The summed E-state index contributed by atoms with van der Waals surface area (Å²) < 4.78 is 11.5. The molecule has 3 aliphatic rings. The van der Waals surface area contributed by atoms with Crippen LogP contribution in [0, 0.1) is 17.8 Å². The molecule has 0 aromatic heterocycles. The molecule has 5 atom stereocenters. The zero-order chi connectivity index (χ0) is 24.8. The van der Waals surface area contributed by atoms with Gasteiger partial charge in [0.1, 0.15) is 5.75 Å². The second-order valence-electron chi connectivity index (χ2n) is 11.0. The maximum Gasteiger partial charge on any atom is 0.225 e. The van der Waals surface area contributed by atoms with Crippen molar-refractivity contribution in [3.63, 3.8) is 0 Å². The van der Waals surface area contributed by atoms with E-state index in [-0.39, 0.29) is 23.8 Å². The Morgan fingerprint density at radius 3 is 2.66 bits per heavy atom. The second kappa shape index (κ2) is 12.0. The maximum atomic E-state index is 13.3. The SMILES string of the molecule is COCCCCC(O)(c1ccccc1OCC1CCC1)C1CCCN(C(=O)[C@H]2C[C@@H](N)[C@@H](O)C2)C1. The lowest BCUT2D eigenvalue weighted by atomic mass is 9.73. The highest BCUT2D eigenvalue weighted by Gasteiger charge is 2.44. The molecule has 1 aromatic carbocycles. The lowest BCUT2D eigenvalue weighted by Gasteiger charge is -2.44. The Morgan fingerprint density at radius 1 is 1.17 bits per heavy atom. The Kier molecular flexibility index (Phi) is 9.08. The van der Waals surface area contributed by atoms with Crippen LogP contribution < -0.4 is 10.5 Å². The van der Waals surface area contributed by atoms with Gasteiger partial charge in [0, 0.05) is 50.2 Å². The number of amides is 1. The fourth-order valence-electron chi connectivity index (χ4n) is 6.09. The van der Waals surface area contributed by atoms with Gasteiger partial charge in [-0.25, -0.2) is 0 Å². The third-order valence-corrected chi connectivity index (χ3v) is 8.54. The van der Waals surface area contributed by atoms with Crippen LogP contribution in [0.15, 0.2) is 24.3 Å². The van der Waals surface area contributed by atoms with E-state index in [0.29, 0.717) is 51.5 Å². The summed E-state index contributed by atoms with van der Waals surface area (Å²) in [4.78, 5) is 15.2. The van der Waals surface area contributed by atoms with E-state index in [1.54, 1.807) is 7.11 Å². The van der Waals surface area contributed by atoms with E-state index in [4.69, 9.17) is 15.2 Å². The summed E-state index contributed by atoms with van der Waals surface area (Å²) in [7, 11) is 1.70. The van der Waals surface area contributed by atoms with Crippen LogP contribution >= 0.6 is 0 Å². The second-order valence-corrected chi connectivity index (χ2v) is 11.0. The topological polar surface area (TPSA) is 105 Å². The van der Waals surface area contributed by atoms with E-state index in [2.05, 4.69) is 0 Å². The number of aliphatic hydroxyl groups excluding tert-OH is 1. The summed E-state index contributed by atoms with van der Waals surface area (Å²) in [5.74, 6) is 1.12. The Balaban J connectivity index is 1.53. The van der Waals surface area contributed by atoms with Gasteiger partial charge in [-0.2, -0.15) is 0 Å². The van der Waals surface area contributed by atoms with Crippen LogP contribution in [-0.4, -0.2) is 66.6 Å². The van der Waals surface area contributed by atoms with Crippen molar-refractivity contribution in [2.24, 2.45) is 23.5 Å². The number of benzene rings is 1. The normalized spacial score (nSPS) is 29.0. The monoisotopic (exact) mass is 488 g/mol. The van der Waals surface area contributed by atoms with Crippen molar-refractivity contribution in [2.75, 3.05) is 33.4 Å². The van der Waals surface area contributed by atoms with Crippen LogP contribution in [0.2, 0.25) is 0 Å². The van der Waals surface area contributed by atoms with Gasteiger partial charge in [-0.15, -0.1) is 0 Å². The Bertz CT molecular complexity index is 821. The maximum absolute atomic E-state index is 13.3. The third kappa shape index (κ3) is 6.19. The number of hydrogen-bond donors (Lipinski definition) is 3. The summed E-state index contributed by atoms with van der Waals surface area (Å²) in [5.41, 5.74) is 5.74. The fourth-order valence-corrected chi connectivity index (χ4v) is 6.09. The number of piperidine rings is 1. The Morgan fingerprint density at radius 2 is 1.97 bits per heavy atom. The van der Waals surface area contributed by atoms with E-state index >= 15 is 0 Å². The molecule has 2 saturated carbocycles. The van der Waals surface area contributed by atoms with Crippen LogP contribution in [0.4, 0.5) is 0 Å². The standard InChI is InChI=1S/C28H44N2O5/c1-34-15-5-4-13-28(33,23-11-2-3-12-26(23)35-19-20-8-6-9-20)22-10-7-14-30(18-22)27(32)21-16-24(29)25(31)17-21/h2-3,11-12,20-22,24-25,31,33H,4-10,13-19,29H2,1H3/t21-,22?,24+,25-,28?/m0/s1. The predicted molar refractivity (Wildman–Crippen MR) is 135 cm³/mol. The molecule has 2 unspecified atom stereocenters. The highest BCUT2D eigenvalue weighted by molar-refractivity contribution is 5.79. The van der Waals surface area contributed by atoms with E-state index in [0.717, 1.165) is 37.0 Å². The quantitative estimate of drug-likeness (QED) is 0.413. The highest BCUT2D eigenvalue weighted by atomic mass is 16.5. The summed E-state index contributed by atoms with van der Waals surface area (Å²) in [6, 6.07) is 7.58. The summed E-state index contributed by atoms with van der Waals surface area (Å²) in [5, 5.41) is 22.4. The number of likely N-dealkylation sites (tertiary alicyclic amines) is 1. The van der Waals surface area contributed by atoms with E-state index in [9.17, 15) is 15.0 Å². The number of ether oxygens (including phenoxy) is 2. The lowest BCUT2D eigenvalue weighted by Crippen LogP contribution is -2.49. The van der Waals surface area contributed by atoms with Gasteiger partial charge in [0.05, 0.1) is 18.3 Å². The molecule has 1 aromatic rings. The van der Waals surface area contributed by atoms with Crippen molar-refractivity contribution in [2.45, 2.75) is 82.0 Å². The molecule has 2 aliphatic carbocycles.